The summed E-state index contributed by atoms with van der Waals surface area (Å²) in [4.78, 5) is 31.0. The molecule has 256 valence electrons. The molecule has 0 radical (unpaired) electrons. The van der Waals surface area contributed by atoms with Crippen LogP contribution in [-0.2, 0) is 4.74 Å². The van der Waals surface area contributed by atoms with Crippen molar-refractivity contribution in [3.63, 3.8) is 0 Å². The molecule has 12 rings (SSSR count). The van der Waals surface area contributed by atoms with E-state index in [0.29, 0.717) is 24.4 Å². The van der Waals surface area contributed by atoms with Crippen molar-refractivity contribution >= 4 is 11.9 Å². The third kappa shape index (κ3) is 3.64. The van der Waals surface area contributed by atoms with Gasteiger partial charge < -0.3 is 19.5 Å². The Morgan fingerprint density at radius 3 is 2.23 bits per heavy atom. The minimum atomic E-state index is -0.519. The van der Waals surface area contributed by atoms with Crippen molar-refractivity contribution < 1.29 is 24.2 Å². The van der Waals surface area contributed by atoms with E-state index in [1.165, 1.54) is 38.5 Å². The highest BCUT2D eigenvalue weighted by Gasteiger charge is 2.76. The number of carbonyl (C=O) groups is 2. The number of aliphatic hydroxyl groups is 1. The van der Waals surface area contributed by atoms with Crippen LogP contribution in [-0.4, -0.2) is 53.8 Å². The van der Waals surface area contributed by atoms with E-state index in [0.717, 1.165) is 74.1 Å². The van der Waals surface area contributed by atoms with Gasteiger partial charge in [-0.1, -0.05) is 32.1 Å². The average molecular weight is 652 g/mol. The maximum atomic E-state index is 14.9. The number of rotatable bonds is 5. The Hall–Kier alpha value is -2.60. The quantitative estimate of drug-likeness (QED) is 0.257. The molecule has 1 N–H and O–H groups in total. The van der Waals surface area contributed by atoms with Crippen molar-refractivity contribution in [3.05, 3.63) is 53.6 Å². The number of amides is 1. The Bertz CT molecular complexity index is 1610. The lowest BCUT2D eigenvalue weighted by atomic mass is 9.32. The van der Waals surface area contributed by atoms with Gasteiger partial charge in [0.1, 0.15) is 11.4 Å². The molecule has 8 fully saturated rings. The summed E-state index contributed by atoms with van der Waals surface area (Å²) in [5.74, 6) is 3.93. The number of ketones is 1. The van der Waals surface area contributed by atoms with Crippen molar-refractivity contribution in [2.45, 2.75) is 109 Å². The van der Waals surface area contributed by atoms with Gasteiger partial charge in [-0.25, -0.2) is 4.79 Å². The summed E-state index contributed by atoms with van der Waals surface area (Å²) in [6, 6.07) is 7.59. The summed E-state index contributed by atoms with van der Waals surface area (Å²) in [5, 5.41) is 11.0. The first-order valence-corrected chi connectivity index (χ1v) is 19.2. The fourth-order valence-corrected chi connectivity index (χ4v) is 15.3. The number of Topliss-reactive ketones (excluding diaryl/α,β-unsaturated/α-hetero) is 1. The van der Waals surface area contributed by atoms with E-state index in [4.69, 9.17) is 9.47 Å². The molecule has 1 aromatic carbocycles. The zero-order valence-corrected chi connectivity index (χ0v) is 29.1. The second kappa shape index (κ2) is 9.59. The van der Waals surface area contributed by atoms with E-state index < -0.39 is 11.0 Å². The van der Waals surface area contributed by atoms with Crippen molar-refractivity contribution in [1.82, 2.24) is 4.90 Å². The summed E-state index contributed by atoms with van der Waals surface area (Å²) in [6.07, 6.45) is 21.1. The normalized spacial score (nSPS) is 50.6. The number of carbonyl (C=O) groups excluding carboxylic acids is 2. The van der Waals surface area contributed by atoms with Gasteiger partial charge in [0.15, 0.2) is 5.78 Å². The van der Waals surface area contributed by atoms with Gasteiger partial charge in [-0.2, -0.15) is 0 Å². The van der Waals surface area contributed by atoms with Crippen LogP contribution in [0.4, 0.5) is 4.79 Å². The summed E-state index contributed by atoms with van der Waals surface area (Å²) >= 11 is 0. The van der Waals surface area contributed by atoms with Gasteiger partial charge in [0.2, 0.25) is 0 Å². The summed E-state index contributed by atoms with van der Waals surface area (Å²) in [5.41, 5.74) is 0.371. The van der Waals surface area contributed by atoms with E-state index in [2.05, 4.69) is 37.0 Å². The molecular weight excluding hydrogens is 598 g/mol. The molecule has 1 heterocycles. The smallest absolute Gasteiger partial charge is 0.410 e. The zero-order valence-electron chi connectivity index (χ0n) is 29.1. The molecule has 0 unspecified atom stereocenters. The highest BCUT2D eigenvalue weighted by atomic mass is 16.6. The molecule has 7 saturated carbocycles. The Labute approximate surface area is 285 Å². The molecule has 6 heteroatoms. The minimum absolute atomic E-state index is 0.0291. The molecule has 8 atom stereocenters. The number of hydrogen-bond acceptors (Lipinski definition) is 5. The van der Waals surface area contributed by atoms with Gasteiger partial charge in [0, 0.05) is 33.9 Å². The van der Waals surface area contributed by atoms with Gasteiger partial charge in [-0.15, -0.1) is 0 Å². The first kappa shape index (κ1) is 30.2. The van der Waals surface area contributed by atoms with Crippen LogP contribution in [0.25, 0.3) is 0 Å². The standard InChI is InChI=1S/C42H53NO5/c1-37-11-8-30(44)22-40(37)14-15-42(32(23-40)35(45)29-4-6-31(47-3)7-5-29)33(37)9-12-38(2)34(42)10-13-41(38)25-43(36(46)48-41)24-39-19-26-16-27(20-39)18-28(17-26)21-39/h4-7,14-15,23,26-28,30,33-34,44H,8-13,16-22,24-25H2,1-3H3/t26?,27?,28?,30-,33+,34+,37+,38-,39?,40-,41+,42+/m0/s1. The van der Waals surface area contributed by atoms with Gasteiger partial charge in [-0.3, -0.25) is 4.79 Å². The average Bonchev–Trinajstić information content (AvgIpc) is 3.53. The largest absolute Gasteiger partial charge is 0.497 e. The van der Waals surface area contributed by atoms with Crippen LogP contribution in [0.2, 0.25) is 0 Å². The fourth-order valence-electron chi connectivity index (χ4n) is 15.3. The third-order valence-corrected chi connectivity index (χ3v) is 17.0. The molecular formula is C42H53NO5. The van der Waals surface area contributed by atoms with Crippen LogP contribution in [0.5, 0.6) is 5.75 Å². The molecule has 48 heavy (non-hydrogen) atoms. The van der Waals surface area contributed by atoms with Crippen LogP contribution in [0.1, 0.15) is 108 Å². The zero-order chi connectivity index (χ0) is 32.9. The number of aliphatic hydroxyl groups excluding tert-OH is 1. The molecule has 10 aliphatic carbocycles. The fraction of sp³-hybridized carbons (Fsp3) is 0.714. The van der Waals surface area contributed by atoms with Crippen molar-refractivity contribution in [2.24, 2.45) is 56.7 Å². The molecule has 0 aromatic heterocycles. The lowest BCUT2D eigenvalue weighted by molar-refractivity contribution is -0.164. The number of allylic oxidation sites excluding steroid dienone is 4. The molecule has 11 aliphatic rings. The molecule has 1 saturated heterocycles. The molecule has 1 aliphatic heterocycles. The van der Waals surface area contributed by atoms with E-state index in [1.807, 2.05) is 24.3 Å². The highest BCUT2D eigenvalue weighted by Crippen LogP contribution is 2.79. The second-order valence-corrected chi connectivity index (χ2v) is 19.0. The van der Waals surface area contributed by atoms with Crippen LogP contribution in [0, 0.1) is 56.7 Å². The van der Waals surface area contributed by atoms with Crippen molar-refractivity contribution in [3.8, 4) is 5.75 Å². The van der Waals surface area contributed by atoms with Crippen molar-refractivity contribution in [1.29, 1.82) is 0 Å². The Kier molecular flexibility index (Phi) is 6.04. The van der Waals surface area contributed by atoms with E-state index in [1.54, 1.807) is 7.11 Å². The molecule has 6 nitrogen and oxygen atoms in total. The topological polar surface area (TPSA) is 76.1 Å². The minimum Gasteiger partial charge on any atom is -0.497 e. The predicted octanol–water partition coefficient (Wildman–Crippen LogP) is 8.15. The van der Waals surface area contributed by atoms with E-state index >= 15 is 0 Å². The van der Waals surface area contributed by atoms with Crippen LogP contribution in [0.3, 0.4) is 0 Å². The lowest BCUT2D eigenvalue weighted by Crippen LogP contribution is -2.67. The predicted molar refractivity (Wildman–Crippen MR) is 182 cm³/mol. The third-order valence-electron chi connectivity index (χ3n) is 17.0. The first-order chi connectivity index (χ1) is 23.0. The van der Waals surface area contributed by atoms with Crippen molar-refractivity contribution in [2.75, 3.05) is 20.2 Å². The lowest BCUT2D eigenvalue weighted by Gasteiger charge is -2.71. The number of ether oxygens (including phenoxy) is 2. The number of fused-ring (bicyclic) bond motifs is 2. The van der Waals surface area contributed by atoms with E-state index in [-0.39, 0.29) is 45.6 Å². The second-order valence-electron chi connectivity index (χ2n) is 19.0. The first-order valence-electron chi connectivity index (χ1n) is 19.2. The maximum Gasteiger partial charge on any atom is 0.410 e. The van der Waals surface area contributed by atoms with E-state index in [9.17, 15) is 14.7 Å². The number of hydrogen-bond donors (Lipinski definition) is 1. The summed E-state index contributed by atoms with van der Waals surface area (Å²) in [6.45, 7) is 6.45. The Balaban J connectivity index is 1.03. The van der Waals surface area contributed by atoms with Crippen LogP contribution >= 0.6 is 0 Å². The van der Waals surface area contributed by atoms with Gasteiger partial charge in [-0.05, 0) is 148 Å². The molecule has 1 aromatic rings. The summed E-state index contributed by atoms with van der Waals surface area (Å²) in [7, 11) is 1.65. The van der Waals surface area contributed by atoms with Gasteiger partial charge in [0.05, 0.1) is 19.8 Å². The van der Waals surface area contributed by atoms with Gasteiger partial charge in [0.25, 0.3) is 0 Å². The molecule has 6 bridgehead atoms. The molecule has 3 spiro atoms. The SMILES string of the molecule is COc1ccc(C(=O)C2=C[C@@]34C=C[C@@]25[C@@H]2CC[C@@]6(CN(CC78CC9CC(CC(C9)C7)C8)C(=O)O6)[C@@]2(C)CC[C@@H]5[C@@]3(C)CC[C@H](O)C4)cc1. The maximum absolute atomic E-state index is 14.9. The van der Waals surface area contributed by atoms with Gasteiger partial charge >= 0.3 is 6.09 Å². The highest BCUT2D eigenvalue weighted by molar-refractivity contribution is 6.10. The molecule has 1 amide bonds. The Morgan fingerprint density at radius 1 is 0.896 bits per heavy atom. The monoisotopic (exact) mass is 651 g/mol. The summed E-state index contributed by atoms with van der Waals surface area (Å²) < 4.78 is 12.2. The number of nitrogens with zero attached hydrogens (tertiary/aromatic N) is 1. The van der Waals surface area contributed by atoms with Crippen LogP contribution in [0.15, 0.2) is 48.1 Å². The van der Waals surface area contributed by atoms with Crippen LogP contribution < -0.4 is 4.74 Å². The number of methoxy groups -OCH3 is 1. The Morgan fingerprint density at radius 2 is 1.54 bits per heavy atom. The number of benzene rings is 1.